The lowest BCUT2D eigenvalue weighted by atomic mass is 9.71. The second kappa shape index (κ2) is 6.57. The number of amides is 2. The molecule has 4 aliphatic rings. The van der Waals surface area contributed by atoms with E-state index >= 15 is 0 Å². The molecule has 7 heteroatoms. The van der Waals surface area contributed by atoms with Gasteiger partial charge in [-0.2, -0.15) is 0 Å². The first-order valence-electron chi connectivity index (χ1n) is 10.5. The van der Waals surface area contributed by atoms with E-state index < -0.39 is 0 Å². The van der Waals surface area contributed by atoms with E-state index in [9.17, 15) is 9.59 Å². The molecule has 1 saturated heterocycles. The number of ether oxygens (including phenoxy) is 2. The minimum absolute atomic E-state index is 0.00294. The van der Waals surface area contributed by atoms with Gasteiger partial charge in [0.15, 0.2) is 11.5 Å². The molecule has 2 aliphatic heterocycles. The third kappa shape index (κ3) is 2.37. The summed E-state index contributed by atoms with van der Waals surface area (Å²) in [5, 5.41) is 4.40. The molecule has 2 bridgehead atoms. The Morgan fingerprint density at radius 1 is 0.903 bits per heavy atom. The van der Waals surface area contributed by atoms with Crippen LogP contribution in [0.3, 0.4) is 0 Å². The SMILES string of the molecule is COc1ccc(C2=NO[C@@H]3[C@H]4C[C@@H]([C@H]23)[C@@H]2C(=O)N(c3ccccc3)C(=O)[C@@H]42)cc1OC. The summed E-state index contributed by atoms with van der Waals surface area (Å²) in [6.45, 7) is 0. The number of benzene rings is 2. The molecule has 6 atom stereocenters. The predicted octanol–water partition coefficient (Wildman–Crippen LogP) is 2.88. The molecule has 2 heterocycles. The number of imide groups is 1. The first kappa shape index (κ1) is 18.4. The highest BCUT2D eigenvalue weighted by molar-refractivity contribution is 6.23. The number of oxime groups is 1. The van der Waals surface area contributed by atoms with Crippen molar-refractivity contribution in [2.24, 2.45) is 34.7 Å². The number of fused-ring (bicyclic) bond motifs is 8. The maximum Gasteiger partial charge on any atom is 0.238 e. The van der Waals surface area contributed by atoms with E-state index in [2.05, 4.69) is 5.16 Å². The molecule has 6 rings (SSSR count). The van der Waals surface area contributed by atoms with Gasteiger partial charge in [0, 0.05) is 17.4 Å². The molecule has 158 valence electrons. The second-order valence-corrected chi connectivity index (χ2v) is 8.60. The fraction of sp³-hybridized carbons (Fsp3) is 0.375. The van der Waals surface area contributed by atoms with E-state index in [4.69, 9.17) is 14.3 Å². The summed E-state index contributed by atoms with van der Waals surface area (Å²) in [7, 11) is 3.20. The fourth-order valence-corrected chi connectivity index (χ4v) is 6.19. The maximum absolute atomic E-state index is 13.4. The minimum Gasteiger partial charge on any atom is -0.493 e. The number of nitrogens with zero attached hydrogens (tertiary/aromatic N) is 2. The van der Waals surface area contributed by atoms with Crippen LogP contribution in [0.5, 0.6) is 11.5 Å². The molecule has 0 radical (unpaired) electrons. The zero-order valence-electron chi connectivity index (χ0n) is 17.2. The van der Waals surface area contributed by atoms with Crippen molar-refractivity contribution in [2.45, 2.75) is 12.5 Å². The van der Waals surface area contributed by atoms with Crippen LogP contribution in [0.4, 0.5) is 5.69 Å². The van der Waals surface area contributed by atoms with E-state index in [-0.39, 0.29) is 47.5 Å². The van der Waals surface area contributed by atoms with Gasteiger partial charge in [-0.05, 0) is 42.7 Å². The average Bonchev–Trinajstić information content (AvgIpc) is 3.54. The standard InChI is InChI=1S/C24H22N2O5/c1-29-16-9-8-12(10-17(16)30-2)21-20-14-11-15(22(20)31-25-21)19-18(14)23(27)26(24(19)28)13-6-4-3-5-7-13/h3-10,14-15,18-20,22H,11H2,1-2H3/t14-,15+,18+,19+,20-,22-/m1/s1. The number of rotatable bonds is 4. The van der Waals surface area contributed by atoms with E-state index in [0.717, 1.165) is 17.7 Å². The van der Waals surface area contributed by atoms with Crippen LogP contribution in [-0.2, 0) is 14.4 Å². The van der Waals surface area contributed by atoms with Crippen molar-refractivity contribution in [3.63, 3.8) is 0 Å². The molecule has 0 N–H and O–H groups in total. The number of carbonyl (C=O) groups is 2. The molecule has 2 saturated carbocycles. The lowest BCUT2D eigenvalue weighted by Gasteiger charge is -2.29. The minimum atomic E-state index is -0.320. The average molecular weight is 418 g/mol. The fourth-order valence-electron chi connectivity index (χ4n) is 6.19. The third-order valence-electron chi connectivity index (χ3n) is 7.38. The van der Waals surface area contributed by atoms with Crippen molar-refractivity contribution < 1.29 is 23.9 Å². The Hall–Kier alpha value is -3.35. The van der Waals surface area contributed by atoms with Crippen LogP contribution in [0, 0.1) is 29.6 Å². The number of hydrogen-bond acceptors (Lipinski definition) is 6. The van der Waals surface area contributed by atoms with E-state index in [0.29, 0.717) is 17.2 Å². The van der Waals surface area contributed by atoms with Crippen molar-refractivity contribution >= 4 is 23.2 Å². The molecule has 0 aromatic heterocycles. The maximum atomic E-state index is 13.4. The highest BCUT2D eigenvalue weighted by Gasteiger charge is 2.70. The van der Waals surface area contributed by atoms with Crippen LogP contribution < -0.4 is 14.4 Å². The van der Waals surface area contributed by atoms with Gasteiger partial charge in [0.1, 0.15) is 6.10 Å². The highest BCUT2D eigenvalue weighted by Crippen LogP contribution is 2.62. The van der Waals surface area contributed by atoms with Gasteiger partial charge in [0.25, 0.3) is 0 Å². The van der Waals surface area contributed by atoms with Gasteiger partial charge in [-0.15, -0.1) is 0 Å². The lowest BCUT2D eigenvalue weighted by Crippen LogP contribution is -2.41. The van der Waals surface area contributed by atoms with Gasteiger partial charge in [-0.3, -0.25) is 14.5 Å². The van der Waals surface area contributed by atoms with Gasteiger partial charge in [0.2, 0.25) is 11.8 Å². The number of anilines is 1. The first-order valence-corrected chi connectivity index (χ1v) is 10.5. The van der Waals surface area contributed by atoms with E-state index in [1.165, 1.54) is 4.90 Å². The second-order valence-electron chi connectivity index (χ2n) is 8.60. The van der Waals surface area contributed by atoms with E-state index in [1.807, 2.05) is 48.5 Å². The molecule has 7 nitrogen and oxygen atoms in total. The Morgan fingerprint density at radius 3 is 2.32 bits per heavy atom. The molecule has 2 amide bonds. The first-order chi connectivity index (χ1) is 15.1. The smallest absolute Gasteiger partial charge is 0.238 e. The Labute approximate surface area is 179 Å². The van der Waals surface area contributed by atoms with Crippen LogP contribution >= 0.6 is 0 Å². The molecule has 0 unspecified atom stereocenters. The number of para-hydroxylation sites is 1. The van der Waals surface area contributed by atoms with Crippen molar-refractivity contribution in [3.05, 3.63) is 54.1 Å². The van der Waals surface area contributed by atoms with Gasteiger partial charge in [-0.1, -0.05) is 23.4 Å². The monoisotopic (exact) mass is 418 g/mol. The Bertz CT molecular complexity index is 1110. The number of carbonyl (C=O) groups excluding carboxylic acids is 2. The quantitative estimate of drug-likeness (QED) is 0.714. The van der Waals surface area contributed by atoms with Crippen molar-refractivity contribution in [1.82, 2.24) is 0 Å². The van der Waals surface area contributed by atoms with Crippen molar-refractivity contribution in [1.29, 1.82) is 0 Å². The summed E-state index contributed by atoms with van der Waals surface area (Å²) >= 11 is 0. The molecule has 2 aromatic rings. The number of hydrogen-bond donors (Lipinski definition) is 0. The summed E-state index contributed by atoms with van der Waals surface area (Å²) in [6, 6.07) is 14.9. The van der Waals surface area contributed by atoms with Crippen LogP contribution in [-0.4, -0.2) is 37.8 Å². The van der Waals surface area contributed by atoms with Crippen LogP contribution in [0.1, 0.15) is 12.0 Å². The van der Waals surface area contributed by atoms with Gasteiger partial charge < -0.3 is 14.3 Å². The third-order valence-corrected chi connectivity index (χ3v) is 7.38. The van der Waals surface area contributed by atoms with Crippen molar-refractivity contribution in [2.75, 3.05) is 19.1 Å². The van der Waals surface area contributed by atoms with E-state index in [1.54, 1.807) is 14.2 Å². The van der Waals surface area contributed by atoms with Crippen molar-refractivity contribution in [3.8, 4) is 11.5 Å². The zero-order chi connectivity index (χ0) is 21.3. The molecule has 0 spiro atoms. The topological polar surface area (TPSA) is 77.4 Å². The summed E-state index contributed by atoms with van der Waals surface area (Å²) in [5.74, 6) is 0.480. The van der Waals surface area contributed by atoms with Crippen LogP contribution in [0.15, 0.2) is 53.7 Å². The molecule has 3 fully saturated rings. The molecular weight excluding hydrogens is 396 g/mol. The van der Waals surface area contributed by atoms with Gasteiger partial charge in [0.05, 0.1) is 37.5 Å². The Balaban J connectivity index is 1.34. The van der Waals surface area contributed by atoms with Gasteiger partial charge >= 0.3 is 0 Å². The summed E-state index contributed by atoms with van der Waals surface area (Å²) in [6.07, 6.45) is 0.652. The molecular formula is C24H22N2O5. The predicted molar refractivity (Wildman–Crippen MR) is 112 cm³/mol. The Morgan fingerprint density at radius 2 is 1.61 bits per heavy atom. The van der Waals surface area contributed by atoms with Crippen LogP contribution in [0.25, 0.3) is 0 Å². The summed E-state index contributed by atoms with van der Waals surface area (Å²) < 4.78 is 10.8. The highest BCUT2D eigenvalue weighted by atomic mass is 16.6. The molecule has 31 heavy (non-hydrogen) atoms. The Kier molecular flexibility index (Phi) is 3.91. The number of methoxy groups -OCH3 is 2. The molecule has 2 aromatic carbocycles. The van der Waals surface area contributed by atoms with Gasteiger partial charge in [-0.25, -0.2) is 0 Å². The summed E-state index contributed by atoms with van der Waals surface area (Å²) in [4.78, 5) is 33.9. The zero-order valence-corrected chi connectivity index (χ0v) is 17.2. The lowest BCUT2D eigenvalue weighted by molar-refractivity contribution is -0.125. The van der Waals surface area contributed by atoms with Crippen LogP contribution in [0.2, 0.25) is 0 Å². The molecule has 2 aliphatic carbocycles. The normalized spacial score (nSPS) is 32.6. The largest absolute Gasteiger partial charge is 0.493 e. The summed E-state index contributed by atoms with van der Waals surface area (Å²) in [5.41, 5.74) is 2.37.